The monoisotopic (exact) mass is 437 g/mol. The number of carbonyl (C=O) groups is 1. The van der Waals surface area contributed by atoms with Crippen LogP contribution in [0.2, 0.25) is 0 Å². The van der Waals surface area contributed by atoms with E-state index in [2.05, 4.69) is 46.9 Å². The summed E-state index contributed by atoms with van der Waals surface area (Å²) in [6, 6.07) is 11.1. The Hall–Kier alpha value is -2.55. The van der Waals surface area contributed by atoms with Gasteiger partial charge in [-0.25, -0.2) is 9.78 Å². The average molecular weight is 437 g/mol. The van der Waals surface area contributed by atoms with E-state index in [-0.39, 0.29) is 0 Å². The van der Waals surface area contributed by atoms with E-state index in [0.717, 1.165) is 34.9 Å². The Morgan fingerprint density at radius 2 is 1.90 bits per heavy atom. The fourth-order valence-corrected chi connectivity index (χ4v) is 3.57. The molecule has 0 aliphatic heterocycles. The zero-order valence-electron chi connectivity index (χ0n) is 16.1. The number of fused-ring (bicyclic) bond motifs is 1. The highest BCUT2D eigenvalue weighted by Gasteiger charge is 2.38. The number of aromatic amines is 1. The first-order chi connectivity index (χ1) is 14.3. The number of halogens is 3. The molecule has 3 aromatic rings. The van der Waals surface area contributed by atoms with Gasteiger partial charge in [0.2, 0.25) is 0 Å². The predicted molar refractivity (Wildman–Crippen MR) is 111 cm³/mol. The molecule has 4 rings (SSSR count). The van der Waals surface area contributed by atoms with Crippen molar-refractivity contribution in [2.45, 2.75) is 43.7 Å². The second-order valence-electron chi connectivity index (χ2n) is 7.27. The summed E-state index contributed by atoms with van der Waals surface area (Å²) in [6.45, 7) is 0. The number of hydrogen-bond donors (Lipinski definition) is 3. The maximum atomic E-state index is 10.6. The van der Waals surface area contributed by atoms with Gasteiger partial charge in [0, 0.05) is 17.9 Å². The largest absolute Gasteiger partial charge is 0.490 e. The number of aliphatic carboxylic acids is 1. The van der Waals surface area contributed by atoms with Gasteiger partial charge in [-0.3, -0.25) is 4.98 Å². The van der Waals surface area contributed by atoms with Crippen LogP contribution >= 0.6 is 12.6 Å². The van der Waals surface area contributed by atoms with E-state index in [1.807, 2.05) is 12.3 Å². The molecule has 1 aromatic carbocycles. The van der Waals surface area contributed by atoms with Crippen LogP contribution in [-0.4, -0.2) is 38.0 Å². The summed E-state index contributed by atoms with van der Waals surface area (Å²) in [5.41, 5.74) is 4.82. The first-order valence-corrected chi connectivity index (χ1v) is 10.2. The highest BCUT2D eigenvalue weighted by molar-refractivity contribution is 7.80. The Kier molecular flexibility index (Phi) is 7.02. The van der Waals surface area contributed by atoms with Crippen molar-refractivity contribution >= 4 is 29.6 Å². The fourth-order valence-electron chi connectivity index (χ4n) is 3.27. The summed E-state index contributed by atoms with van der Waals surface area (Å²) in [5.74, 6) is 0.115. The van der Waals surface area contributed by atoms with Crippen LogP contribution in [0, 0.1) is 0 Å². The van der Waals surface area contributed by atoms with Crippen molar-refractivity contribution in [1.29, 1.82) is 0 Å². The van der Waals surface area contributed by atoms with Gasteiger partial charge in [0.15, 0.2) is 0 Å². The van der Waals surface area contributed by atoms with Crippen molar-refractivity contribution in [2.24, 2.45) is 0 Å². The summed E-state index contributed by atoms with van der Waals surface area (Å²) in [7, 11) is 0. The van der Waals surface area contributed by atoms with Crippen molar-refractivity contribution in [3.05, 3.63) is 59.7 Å². The molecule has 0 bridgehead atoms. The minimum absolute atomic E-state index is 0.292. The van der Waals surface area contributed by atoms with Gasteiger partial charge in [-0.05, 0) is 42.4 Å². The molecule has 1 atom stereocenters. The van der Waals surface area contributed by atoms with Crippen molar-refractivity contribution < 1.29 is 23.1 Å². The molecule has 1 saturated carbocycles. The van der Waals surface area contributed by atoms with Crippen LogP contribution in [0.5, 0.6) is 0 Å². The van der Waals surface area contributed by atoms with Crippen LogP contribution in [0.15, 0.2) is 42.7 Å². The number of carboxylic acid groups (broad SMARTS) is 1. The molecule has 9 heteroatoms. The zero-order valence-corrected chi connectivity index (χ0v) is 17.0. The second kappa shape index (κ2) is 9.51. The molecular formula is C21H22F3N3O2S. The SMILES string of the molecule is O=C(O)C(F)(F)F.SC[C@@H](Cc1ccc(C2CCC2)cc1)c1nc2ccncc2[nH]1. The van der Waals surface area contributed by atoms with E-state index in [0.29, 0.717) is 5.92 Å². The van der Waals surface area contributed by atoms with Gasteiger partial charge in [0.05, 0.1) is 17.2 Å². The van der Waals surface area contributed by atoms with Crippen molar-refractivity contribution in [3.8, 4) is 0 Å². The van der Waals surface area contributed by atoms with E-state index in [1.54, 1.807) is 6.20 Å². The smallest absolute Gasteiger partial charge is 0.475 e. The number of nitrogens with one attached hydrogen (secondary N) is 1. The van der Waals surface area contributed by atoms with Crippen LogP contribution in [0.1, 0.15) is 48.0 Å². The van der Waals surface area contributed by atoms with Crippen LogP contribution in [-0.2, 0) is 11.2 Å². The Labute approximate surface area is 177 Å². The number of nitrogens with zero attached hydrogens (tertiary/aromatic N) is 2. The predicted octanol–water partition coefficient (Wildman–Crippen LogP) is 5.11. The topological polar surface area (TPSA) is 78.9 Å². The van der Waals surface area contributed by atoms with E-state index in [1.165, 1.54) is 30.4 Å². The van der Waals surface area contributed by atoms with Crippen molar-refractivity contribution in [3.63, 3.8) is 0 Å². The van der Waals surface area contributed by atoms with Crippen LogP contribution in [0.4, 0.5) is 13.2 Å². The molecule has 1 fully saturated rings. The van der Waals surface area contributed by atoms with E-state index in [9.17, 15) is 13.2 Å². The Balaban J connectivity index is 0.000000318. The van der Waals surface area contributed by atoms with Gasteiger partial charge in [-0.1, -0.05) is 30.7 Å². The minimum Gasteiger partial charge on any atom is -0.475 e. The number of rotatable bonds is 5. The quantitative estimate of drug-likeness (QED) is 0.485. The molecule has 0 radical (unpaired) electrons. The highest BCUT2D eigenvalue weighted by Crippen LogP contribution is 2.36. The van der Waals surface area contributed by atoms with Gasteiger partial charge in [-0.15, -0.1) is 0 Å². The number of hydrogen-bond acceptors (Lipinski definition) is 4. The highest BCUT2D eigenvalue weighted by atomic mass is 32.1. The Morgan fingerprint density at radius 1 is 1.23 bits per heavy atom. The van der Waals surface area contributed by atoms with Crippen molar-refractivity contribution in [1.82, 2.24) is 15.0 Å². The second-order valence-corrected chi connectivity index (χ2v) is 7.64. The van der Waals surface area contributed by atoms with Gasteiger partial charge in [0.25, 0.3) is 0 Å². The van der Waals surface area contributed by atoms with Gasteiger partial charge in [0.1, 0.15) is 5.82 Å². The summed E-state index contributed by atoms with van der Waals surface area (Å²) in [6.07, 6.45) is 3.57. The molecule has 0 spiro atoms. The maximum Gasteiger partial charge on any atom is 0.490 e. The lowest BCUT2D eigenvalue weighted by atomic mass is 9.80. The number of carboxylic acids is 1. The molecular weight excluding hydrogens is 415 g/mol. The number of pyridine rings is 1. The van der Waals surface area contributed by atoms with Crippen LogP contribution < -0.4 is 0 Å². The fraction of sp³-hybridized carbons (Fsp3) is 0.381. The van der Waals surface area contributed by atoms with Crippen LogP contribution in [0.3, 0.4) is 0 Å². The lowest BCUT2D eigenvalue weighted by Crippen LogP contribution is -2.21. The molecule has 1 aliphatic carbocycles. The minimum atomic E-state index is -5.08. The van der Waals surface area contributed by atoms with Crippen LogP contribution in [0.25, 0.3) is 11.0 Å². The number of aromatic nitrogens is 3. The van der Waals surface area contributed by atoms with Crippen molar-refractivity contribution in [2.75, 3.05) is 5.75 Å². The first kappa shape index (κ1) is 22.1. The van der Waals surface area contributed by atoms with Gasteiger partial charge >= 0.3 is 12.1 Å². The standard InChI is InChI=1S/C19H21N3S.C2HF3O2/c23-12-16(19-21-17-8-9-20-11-18(17)22-19)10-13-4-6-15(7-5-13)14-2-1-3-14;3-2(4,5)1(6)7/h4-9,11,14,16,23H,1-3,10,12H2,(H,21,22);(H,6,7)/t16-;/m1./s1. The zero-order chi connectivity index (χ0) is 21.7. The third kappa shape index (κ3) is 5.53. The molecule has 5 nitrogen and oxygen atoms in total. The molecule has 160 valence electrons. The normalized spacial score (nSPS) is 15.2. The molecule has 2 aromatic heterocycles. The van der Waals surface area contributed by atoms with E-state index < -0.39 is 12.1 Å². The van der Waals surface area contributed by atoms with Gasteiger partial charge in [-0.2, -0.15) is 25.8 Å². The number of imidazole rings is 1. The maximum absolute atomic E-state index is 10.6. The third-order valence-electron chi connectivity index (χ3n) is 5.19. The summed E-state index contributed by atoms with van der Waals surface area (Å²) in [5, 5.41) is 7.12. The number of alkyl halides is 3. The molecule has 2 N–H and O–H groups in total. The van der Waals surface area contributed by atoms with E-state index in [4.69, 9.17) is 14.9 Å². The molecule has 2 heterocycles. The molecule has 1 aliphatic rings. The number of benzene rings is 1. The summed E-state index contributed by atoms with van der Waals surface area (Å²) >= 11 is 4.54. The average Bonchev–Trinajstić information content (AvgIpc) is 3.09. The first-order valence-electron chi connectivity index (χ1n) is 9.57. The molecule has 0 amide bonds. The Bertz CT molecular complexity index is 952. The van der Waals surface area contributed by atoms with Gasteiger partial charge < -0.3 is 10.1 Å². The summed E-state index contributed by atoms with van der Waals surface area (Å²) in [4.78, 5) is 21.1. The summed E-state index contributed by atoms with van der Waals surface area (Å²) < 4.78 is 31.7. The number of thiol groups is 1. The lowest BCUT2D eigenvalue weighted by Gasteiger charge is -2.26. The molecule has 0 saturated heterocycles. The number of H-pyrrole nitrogens is 1. The lowest BCUT2D eigenvalue weighted by molar-refractivity contribution is -0.192. The molecule has 0 unspecified atom stereocenters. The van der Waals surface area contributed by atoms with E-state index >= 15 is 0 Å². The third-order valence-corrected chi connectivity index (χ3v) is 5.63. The Morgan fingerprint density at radius 3 is 2.40 bits per heavy atom. The molecule has 30 heavy (non-hydrogen) atoms.